The van der Waals surface area contributed by atoms with Crippen LogP contribution in [0.4, 0.5) is 18.0 Å². The first-order valence-corrected chi connectivity index (χ1v) is 9.13. The predicted octanol–water partition coefficient (Wildman–Crippen LogP) is 3.09. The number of alkyl halides is 3. The number of halogens is 3. The Morgan fingerprint density at radius 1 is 1.27 bits per heavy atom. The molecule has 160 valence electrons. The third-order valence-corrected chi connectivity index (χ3v) is 5.02. The fourth-order valence-electron chi connectivity index (χ4n) is 3.46. The standard InChI is InChI=1S/C19H20F3N5O3/c1-18(2)6-5-14(27(18)17(29)30)16(28)24-9-12-7-13(26-10-25-12)11-3-4-15(23-8-11)19(20,21)22/h3-4,7-8,10,14H,5-6,9H2,1-2H3,(H,24,28)(H,29,30). The Balaban J connectivity index is 1.69. The first-order chi connectivity index (χ1) is 14.0. The van der Waals surface area contributed by atoms with E-state index in [1.165, 1.54) is 18.5 Å². The lowest BCUT2D eigenvalue weighted by Crippen LogP contribution is -2.52. The van der Waals surface area contributed by atoms with Crippen LogP contribution < -0.4 is 5.32 Å². The number of hydrogen-bond acceptors (Lipinski definition) is 5. The summed E-state index contributed by atoms with van der Waals surface area (Å²) in [5.41, 5.74) is -0.495. The highest BCUT2D eigenvalue weighted by molar-refractivity contribution is 5.86. The number of amides is 2. The van der Waals surface area contributed by atoms with Gasteiger partial charge in [-0.1, -0.05) is 0 Å². The second-order valence-corrected chi connectivity index (χ2v) is 7.56. The molecule has 1 fully saturated rings. The SMILES string of the molecule is CC1(C)CCC(C(=O)NCc2cc(-c3ccc(C(F)(F)F)nc3)ncn2)N1C(=O)O. The first-order valence-electron chi connectivity index (χ1n) is 9.13. The lowest BCUT2D eigenvalue weighted by Gasteiger charge is -2.32. The van der Waals surface area contributed by atoms with Gasteiger partial charge in [0.15, 0.2) is 0 Å². The fourth-order valence-corrected chi connectivity index (χ4v) is 3.46. The number of carbonyl (C=O) groups excluding carboxylic acids is 1. The number of nitrogens with one attached hydrogen (secondary N) is 1. The molecule has 0 bridgehead atoms. The minimum Gasteiger partial charge on any atom is -0.465 e. The van der Waals surface area contributed by atoms with Crippen molar-refractivity contribution in [3.63, 3.8) is 0 Å². The normalized spacial score (nSPS) is 18.3. The second kappa shape index (κ2) is 7.88. The summed E-state index contributed by atoms with van der Waals surface area (Å²) in [6.07, 6.45) is -2.40. The van der Waals surface area contributed by atoms with Gasteiger partial charge in [0.25, 0.3) is 0 Å². The zero-order valence-electron chi connectivity index (χ0n) is 16.3. The van der Waals surface area contributed by atoms with Gasteiger partial charge in [0.05, 0.1) is 17.9 Å². The van der Waals surface area contributed by atoms with Gasteiger partial charge in [0, 0.05) is 17.3 Å². The molecular weight excluding hydrogens is 403 g/mol. The summed E-state index contributed by atoms with van der Waals surface area (Å²) in [5, 5.41) is 12.1. The molecule has 30 heavy (non-hydrogen) atoms. The number of carbonyl (C=O) groups is 2. The maximum Gasteiger partial charge on any atom is 0.433 e. The minimum absolute atomic E-state index is 0.0206. The largest absolute Gasteiger partial charge is 0.465 e. The number of carboxylic acid groups (broad SMARTS) is 1. The Morgan fingerprint density at radius 3 is 2.60 bits per heavy atom. The summed E-state index contributed by atoms with van der Waals surface area (Å²) in [5.74, 6) is -0.431. The van der Waals surface area contributed by atoms with Gasteiger partial charge in [-0.05, 0) is 44.9 Å². The third-order valence-electron chi connectivity index (χ3n) is 5.02. The Morgan fingerprint density at radius 2 is 2.00 bits per heavy atom. The van der Waals surface area contributed by atoms with Gasteiger partial charge in [-0.2, -0.15) is 13.2 Å². The Hall–Kier alpha value is -3.24. The predicted molar refractivity (Wildman–Crippen MR) is 99.1 cm³/mol. The van der Waals surface area contributed by atoms with Crippen molar-refractivity contribution >= 4 is 12.0 Å². The highest BCUT2D eigenvalue weighted by Gasteiger charge is 2.45. The third kappa shape index (κ3) is 4.50. The average Bonchev–Trinajstić information content (AvgIpc) is 3.01. The van der Waals surface area contributed by atoms with Crippen molar-refractivity contribution in [1.29, 1.82) is 0 Å². The topological polar surface area (TPSA) is 108 Å². The summed E-state index contributed by atoms with van der Waals surface area (Å²) in [6.45, 7) is 3.55. The summed E-state index contributed by atoms with van der Waals surface area (Å²) >= 11 is 0. The van der Waals surface area contributed by atoms with Crippen molar-refractivity contribution in [1.82, 2.24) is 25.2 Å². The van der Waals surface area contributed by atoms with Crippen LogP contribution in [0.1, 0.15) is 38.1 Å². The van der Waals surface area contributed by atoms with E-state index in [-0.39, 0.29) is 6.54 Å². The summed E-state index contributed by atoms with van der Waals surface area (Å²) in [4.78, 5) is 36.7. The molecule has 3 heterocycles. The molecule has 0 saturated carbocycles. The van der Waals surface area contributed by atoms with Gasteiger partial charge in [0.2, 0.25) is 5.91 Å². The van der Waals surface area contributed by atoms with E-state index in [2.05, 4.69) is 20.3 Å². The molecule has 0 aliphatic carbocycles. The smallest absolute Gasteiger partial charge is 0.433 e. The number of rotatable bonds is 4. The van der Waals surface area contributed by atoms with Crippen molar-refractivity contribution < 1.29 is 27.9 Å². The second-order valence-electron chi connectivity index (χ2n) is 7.56. The van der Waals surface area contributed by atoms with Crippen LogP contribution in [0.25, 0.3) is 11.3 Å². The molecule has 3 rings (SSSR count). The molecule has 1 saturated heterocycles. The lowest BCUT2D eigenvalue weighted by molar-refractivity contribution is -0.141. The number of aromatic nitrogens is 3. The maximum atomic E-state index is 12.6. The highest BCUT2D eigenvalue weighted by atomic mass is 19.4. The van der Waals surface area contributed by atoms with Crippen LogP contribution in [-0.2, 0) is 17.5 Å². The number of hydrogen-bond donors (Lipinski definition) is 2. The van der Waals surface area contributed by atoms with Crippen molar-refractivity contribution in [3.8, 4) is 11.3 Å². The van der Waals surface area contributed by atoms with E-state index in [4.69, 9.17) is 0 Å². The average molecular weight is 423 g/mol. The van der Waals surface area contributed by atoms with Gasteiger partial charge < -0.3 is 10.4 Å². The quantitative estimate of drug-likeness (QED) is 0.782. The van der Waals surface area contributed by atoms with Crippen molar-refractivity contribution in [2.45, 2.75) is 51.0 Å². The molecule has 2 aromatic rings. The molecule has 11 heteroatoms. The van der Waals surface area contributed by atoms with Crippen LogP contribution in [-0.4, -0.2) is 48.5 Å². The molecule has 2 amide bonds. The Kier molecular flexibility index (Phi) is 5.64. The summed E-state index contributed by atoms with van der Waals surface area (Å²) in [6, 6.07) is 2.85. The van der Waals surface area contributed by atoms with Crippen LogP contribution in [0.2, 0.25) is 0 Å². The lowest BCUT2D eigenvalue weighted by atomic mass is 10.0. The molecule has 0 spiro atoms. The minimum atomic E-state index is -4.53. The number of nitrogens with zero attached hydrogens (tertiary/aromatic N) is 4. The molecule has 2 N–H and O–H groups in total. The number of pyridine rings is 1. The van der Waals surface area contributed by atoms with E-state index in [0.29, 0.717) is 29.8 Å². The summed E-state index contributed by atoms with van der Waals surface area (Å²) in [7, 11) is 0. The Bertz CT molecular complexity index is 947. The van der Waals surface area contributed by atoms with Crippen molar-refractivity contribution in [2.24, 2.45) is 0 Å². The molecule has 2 aromatic heterocycles. The molecule has 1 aliphatic heterocycles. The fraction of sp³-hybridized carbons (Fsp3) is 0.421. The van der Waals surface area contributed by atoms with Gasteiger partial charge in [-0.15, -0.1) is 0 Å². The van der Waals surface area contributed by atoms with Crippen LogP contribution >= 0.6 is 0 Å². The summed E-state index contributed by atoms with van der Waals surface area (Å²) < 4.78 is 37.9. The van der Waals surface area contributed by atoms with E-state index in [0.717, 1.165) is 17.2 Å². The van der Waals surface area contributed by atoms with Crippen LogP contribution in [0, 0.1) is 0 Å². The van der Waals surface area contributed by atoms with Gasteiger partial charge in [0.1, 0.15) is 18.1 Å². The number of likely N-dealkylation sites (tertiary alicyclic amines) is 1. The van der Waals surface area contributed by atoms with E-state index in [1.807, 2.05) is 0 Å². The molecule has 1 atom stereocenters. The zero-order chi connectivity index (χ0) is 22.1. The maximum absolute atomic E-state index is 12.6. The zero-order valence-corrected chi connectivity index (χ0v) is 16.3. The van der Waals surface area contributed by atoms with E-state index < -0.39 is 35.5 Å². The molecular formula is C19H20F3N5O3. The van der Waals surface area contributed by atoms with E-state index >= 15 is 0 Å². The van der Waals surface area contributed by atoms with Gasteiger partial charge in [-0.25, -0.2) is 14.8 Å². The van der Waals surface area contributed by atoms with Crippen LogP contribution in [0.3, 0.4) is 0 Å². The van der Waals surface area contributed by atoms with Crippen LogP contribution in [0.5, 0.6) is 0 Å². The molecule has 8 nitrogen and oxygen atoms in total. The molecule has 0 radical (unpaired) electrons. The molecule has 0 aromatic carbocycles. The van der Waals surface area contributed by atoms with E-state index in [1.54, 1.807) is 13.8 Å². The van der Waals surface area contributed by atoms with Crippen LogP contribution in [0.15, 0.2) is 30.7 Å². The van der Waals surface area contributed by atoms with Crippen molar-refractivity contribution in [3.05, 3.63) is 42.1 Å². The van der Waals surface area contributed by atoms with Crippen molar-refractivity contribution in [2.75, 3.05) is 0 Å². The van der Waals surface area contributed by atoms with Gasteiger partial charge >= 0.3 is 12.3 Å². The Labute approximate surface area is 170 Å². The molecule has 1 aliphatic rings. The first kappa shape index (κ1) is 21.5. The monoisotopic (exact) mass is 423 g/mol. The molecule has 1 unspecified atom stereocenters. The van der Waals surface area contributed by atoms with E-state index in [9.17, 15) is 27.9 Å². The van der Waals surface area contributed by atoms with Gasteiger partial charge in [-0.3, -0.25) is 14.7 Å². The highest BCUT2D eigenvalue weighted by Crippen LogP contribution is 2.33.